The SMILES string of the molecule is CCCCCCCCCCOc1ccc(-c2ncc(OC[C@@H](F)CCCCCC)cn2)cc1. The van der Waals surface area contributed by atoms with Crippen molar-refractivity contribution in [3.05, 3.63) is 36.7 Å². The van der Waals surface area contributed by atoms with Crippen LogP contribution in [-0.4, -0.2) is 29.4 Å². The van der Waals surface area contributed by atoms with Gasteiger partial charge in [0.15, 0.2) is 11.6 Å². The van der Waals surface area contributed by atoms with E-state index in [1.54, 1.807) is 12.4 Å². The third-order valence-corrected chi connectivity index (χ3v) is 5.81. The fraction of sp³-hybridized carbons (Fsp3) is 0.643. The second-order valence-corrected chi connectivity index (χ2v) is 8.85. The van der Waals surface area contributed by atoms with Crippen LogP contribution in [0.25, 0.3) is 11.4 Å². The number of hydrogen-bond acceptors (Lipinski definition) is 4. The van der Waals surface area contributed by atoms with E-state index in [1.807, 2.05) is 24.3 Å². The molecule has 0 aliphatic heterocycles. The summed E-state index contributed by atoms with van der Waals surface area (Å²) in [6, 6.07) is 7.85. The van der Waals surface area contributed by atoms with Gasteiger partial charge in [-0.25, -0.2) is 14.4 Å². The quantitative estimate of drug-likeness (QED) is 0.198. The van der Waals surface area contributed by atoms with E-state index in [2.05, 4.69) is 23.8 Å². The number of rotatable bonds is 19. The lowest BCUT2D eigenvalue weighted by atomic mass is 10.1. The molecule has 0 saturated carbocycles. The zero-order valence-corrected chi connectivity index (χ0v) is 20.7. The molecule has 0 aliphatic rings. The van der Waals surface area contributed by atoms with Gasteiger partial charge in [0.05, 0.1) is 19.0 Å². The molecule has 2 rings (SSSR count). The van der Waals surface area contributed by atoms with Crippen molar-refractivity contribution in [3.8, 4) is 22.9 Å². The van der Waals surface area contributed by atoms with Gasteiger partial charge in [0.25, 0.3) is 0 Å². The third-order valence-electron chi connectivity index (χ3n) is 5.81. The van der Waals surface area contributed by atoms with Gasteiger partial charge >= 0.3 is 0 Å². The molecule has 0 N–H and O–H groups in total. The number of hydrogen-bond donors (Lipinski definition) is 0. The highest BCUT2D eigenvalue weighted by Gasteiger charge is 2.08. The number of ether oxygens (including phenoxy) is 2. The molecular formula is C28H43FN2O2. The van der Waals surface area contributed by atoms with Gasteiger partial charge in [-0.15, -0.1) is 0 Å². The summed E-state index contributed by atoms with van der Waals surface area (Å²) in [5, 5.41) is 0. The molecule has 2 aromatic rings. The van der Waals surface area contributed by atoms with E-state index in [0.29, 0.717) is 18.0 Å². The Morgan fingerprint density at radius 3 is 1.91 bits per heavy atom. The van der Waals surface area contributed by atoms with Crippen LogP contribution in [0.3, 0.4) is 0 Å². The van der Waals surface area contributed by atoms with Crippen molar-refractivity contribution in [3.63, 3.8) is 0 Å². The van der Waals surface area contributed by atoms with E-state index < -0.39 is 6.17 Å². The maximum absolute atomic E-state index is 13.9. The first-order valence-electron chi connectivity index (χ1n) is 13.0. The van der Waals surface area contributed by atoms with Crippen LogP contribution in [0.4, 0.5) is 4.39 Å². The molecule has 0 unspecified atom stereocenters. The minimum atomic E-state index is -0.945. The summed E-state index contributed by atoms with van der Waals surface area (Å²) in [6.07, 6.45) is 17.5. The predicted octanol–water partition coefficient (Wildman–Crippen LogP) is 8.35. The molecule has 5 heteroatoms. The van der Waals surface area contributed by atoms with Crippen LogP contribution in [0.1, 0.15) is 97.3 Å². The molecule has 0 aliphatic carbocycles. The van der Waals surface area contributed by atoms with E-state index in [-0.39, 0.29) is 6.61 Å². The van der Waals surface area contributed by atoms with Crippen LogP contribution in [0.5, 0.6) is 11.5 Å². The van der Waals surface area contributed by atoms with Crippen LogP contribution in [0, 0.1) is 0 Å². The predicted molar refractivity (Wildman–Crippen MR) is 135 cm³/mol. The number of unbranched alkanes of at least 4 members (excludes halogenated alkanes) is 10. The number of nitrogens with zero attached hydrogens (tertiary/aromatic N) is 2. The molecule has 1 atom stereocenters. The second kappa shape index (κ2) is 17.3. The van der Waals surface area contributed by atoms with Crippen molar-refractivity contribution in [1.82, 2.24) is 9.97 Å². The number of halogens is 1. The molecule has 0 bridgehead atoms. The number of benzene rings is 1. The first-order chi connectivity index (χ1) is 16.2. The Balaban J connectivity index is 1.64. The summed E-state index contributed by atoms with van der Waals surface area (Å²) in [6.45, 7) is 5.22. The van der Waals surface area contributed by atoms with Gasteiger partial charge in [0, 0.05) is 5.56 Å². The largest absolute Gasteiger partial charge is 0.494 e. The van der Waals surface area contributed by atoms with Crippen molar-refractivity contribution in [2.75, 3.05) is 13.2 Å². The molecule has 0 fully saturated rings. The third kappa shape index (κ3) is 12.0. The molecule has 0 saturated heterocycles. The molecule has 184 valence electrons. The van der Waals surface area contributed by atoms with Gasteiger partial charge in [-0.1, -0.05) is 84.5 Å². The zero-order chi connectivity index (χ0) is 23.6. The molecule has 0 amide bonds. The van der Waals surface area contributed by atoms with Crippen molar-refractivity contribution < 1.29 is 13.9 Å². The highest BCUT2D eigenvalue weighted by atomic mass is 19.1. The average molecular weight is 459 g/mol. The fourth-order valence-electron chi connectivity index (χ4n) is 3.73. The lowest BCUT2D eigenvalue weighted by Gasteiger charge is -2.10. The molecule has 1 aromatic carbocycles. The van der Waals surface area contributed by atoms with Crippen molar-refractivity contribution in [2.45, 2.75) is 103 Å². The molecule has 0 radical (unpaired) electrons. The molecule has 0 spiro atoms. The number of aromatic nitrogens is 2. The Labute approximate surface area is 200 Å². The van der Waals surface area contributed by atoms with Crippen molar-refractivity contribution >= 4 is 0 Å². The van der Waals surface area contributed by atoms with Gasteiger partial charge in [-0.05, 0) is 37.1 Å². The minimum Gasteiger partial charge on any atom is -0.494 e. The van der Waals surface area contributed by atoms with Crippen molar-refractivity contribution in [2.24, 2.45) is 0 Å². The molecule has 33 heavy (non-hydrogen) atoms. The summed E-state index contributed by atoms with van der Waals surface area (Å²) < 4.78 is 25.3. The summed E-state index contributed by atoms with van der Waals surface area (Å²) in [4.78, 5) is 8.73. The Morgan fingerprint density at radius 2 is 1.27 bits per heavy atom. The fourth-order valence-corrected chi connectivity index (χ4v) is 3.73. The van der Waals surface area contributed by atoms with Crippen LogP contribution < -0.4 is 9.47 Å². The smallest absolute Gasteiger partial charge is 0.159 e. The summed E-state index contributed by atoms with van der Waals surface area (Å²) >= 11 is 0. The Morgan fingerprint density at radius 1 is 0.697 bits per heavy atom. The highest BCUT2D eigenvalue weighted by molar-refractivity contribution is 5.56. The summed E-state index contributed by atoms with van der Waals surface area (Å²) in [5.41, 5.74) is 0.917. The lowest BCUT2D eigenvalue weighted by molar-refractivity contribution is 0.183. The topological polar surface area (TPSA) is 44.2 Å². The minimum absolute atomic E-state index is 0.0553. The van der Waals surface area contributed by atoms with Gasteiger partial charge in [-0.2, -0.15) is 0 Å². The maximum Gasteiger partial charge on any atom is 0.159 e. The normalized spacial score (nSPS) is 12.0. The first kappa shape index (κ1) is 27.1. The Kier molecular flexibility index (Phi) is 14.2. The molecule has 4 nitrogen and oxygen atoms in total. The van der Waals surface area contributed by atoms with E-state index in [4.69, 9.17) is 9.47 Å². The highest BCUT2D eigenvalue weighted by Crippen LogP contribution is 2.21. The molecule has 1 aromatic heterocycles. The summed E-state index contributed by atoms with van der Waals surface area (Å²) in [7, 11) is 0. The van der Waals surface area contributed by atoms with E-state index >= 15 is 0 Å². The molecule has 1 heterocycles. The first-order valence-corrected chi connectivity index (χ1v) is 13.0. The Bertz CT molecular complexity index is 722. The Hall–Kier alpha value is -2.17. The van der Waals surface area contributed by atoms with Gasteiger partial charge < -0.3 is 9.47 Å². The zero-order valence-electron chi connectivity index (χ0n) is 20.7. The van der Waals surface area contributed by atoms with Crippen LogP contribution >= 0.6 is 0 Å². The van der Waals surface area contributed by atoms with Crippen molar-refractivity contribution in [1.29, 1.82) is 0 Å². The van der Waals surface area contributed by atoms with E-state index in [1.165, 1.54) is 44.9 Å². The number of alkyl halides is 1. The van der Waals surface area contributed by atoms with Crippen LogP contribution in [0.2, 0.25) is 0 Å². The van der Waals surface area contributed by atoms with Crippen LogP contribution in [-0.2, 0) is 0 Å². The summed E-state index contributed by atoms with van der Waals surface area (Å²) in [5.74, 6) is 1.99. The maximum atomic E-state index is 13.9. The van der Waals surface area contributed by atoms with Crippen LogP contribution in [0.15, 0.2) is 36.7 Å². The van der Waals surface area contributed by atoms with E-state index in [9.17, 15) is 4.39 Å². The van der Waals surface area contributed by atoms with Gasteiger partial charge in [0.1, 0.15) is 18.5 Å². The second-order valence-electron chi connectivity index (χ2n) is 8.85. The van der Waals surface area contributed by atoms with E-state index in [0.717, 1.165) is 50.0 Å². The van der Waals surface area contributed by atoms with Gasteiger partial charge in [-0.3, -0.25) is 0 Å². The molecular weight excluding hydrogens is 415 g/mol. The lowest BCUT2D eigenvalue weighted by Crippen LogP contribution is -2.13. The monoisotopic (exact) mass is 458 g/mol. The average Bonchev–Trinajstić information content (AvgIpc) is 2.85. The standard InChI is InChI=1S/C28H43FN2O2/c1-3-5-7-9-10-11-12-14-20-32-26-18-16-24(17-19-26)28-30-21-27(22-31-28)33-23-25(29)15-13-8-6-4-2/h16-19,21-22,25H,3-15,20,23H2,1-2H3/t25-/m0/s1. The van der Waals surface area contributed by atoms with Gasteiger partial charge in [0.2, 0.25) is 0 Å².